The largest absolute Gasteiger partial charge is 0.250 e. The molecule has 0 heterocycles. The summed E-state index contributed by atoms with van der Waals surface area (Å²) >= 11 is 3.38. The van der Waals surface area contributed by atoms with Crippen LogP contribution in [0.2, 0.25) is 0 Å². The quantitative estimate of drug-likeness (QED) is 0.740. The third-order valence-electron chi connectivity index (χ3n) is 3.02. The van der Waals surface area contributed by atoms with Gasteiger partial charge in [0.05, 0.1) is 6.67 Å². The van der Waals surface area contributed by atoms with Gasteiger partial charge in [0.25, 0.3) is 0 Å². The predicted octanol–water partition coefficient (Wildman–Crippen LogP) is 3.84. The fourth-order valence-electron chi connectivity index (χ4n) is 1.91. The molecule has 0 aromatic heterocycles. The van der Waals surface area contributed by atoms with Crippen LogP contribution >= 0.6 is 15.9 Å². The van der Waals surface area contributed by atoms with Gasteiger partial charge >= 0.3 is 0 Å². The van der Waals surface area contributed by atoms with Crippen molar-refractivity contribution < 1.29 is 4.39 Å². The van der Waals surface area contributed by atoms with Crippen molar-refractivity contribution in [3.05, 3.63) is 34.3 Å². The van der Waals surface area contributed by atoms with E-state index < -0.39 is 0 Å². The van der Waals surface area contributed by atoms with Crippen molar-refractivity contribution in [1.82, 2.24) is 0 Å². The highest BCUT2D eigenvalue weighted by Gasteiger charge is 2.38. The molecular weight excluding hydrogens is 231 g/mol. The van der Waals surface area contributed by atoms with E-state index in [1.54, 1.807) is 0 Å². The number of hydrogen-bond donors (Lipinski definition) is 0. The van der Waals surface area contributed by atoms with Gasteiger partial charge in [0.1, 0.15) is 0 Å². The van der Waals surface area contributed by atoms with Gasteiger partial charge in [-0.05, 0) is 30.5 Å². The zero-order chi connectivity index (χ0) is 9.31. The van der Waals surface area contributed by atoms with E-state index in [9.17, 15) is 4.39 Å². The molecule has 0 amide bonds. The normalized spacial score (nSPS) is 19.5. The molecule has 1 aromatic carbocycles. The molecule has 0 aliphatic heterocycles. The third kappa shape index (κ3) is 1.52. The molecule has 2 heteroatoms. The molecule has 0 nitrogen and oxygen atoms in total. The van der Waals surface area contributed by atoms with E-state index in [0.717, 1.165) is 22.9 Å². The molecule has 70 valence electrons. The van der Waals surface area contributed by atoms with E-state index in [-0.39, 0.29) is 12.1 Å². The molecule has 1 saturated carbocycles. The zero-order valence-electron chi connectivity index (χ0n) is 7.39. The van der Waals surface area contributed by atoms with Gasteiger partial charge < -0.3 is 0 Å². The van der Waals surface area contributed by atoms with Crippen molar-refractivity contribution >= 4 is 15.9 Å². The van der Waals surface area contributed by atoms with E-state index in [1.807, 2.05) is 24.3 Å². The van der Waals surface area contributed by atoms with Crippen LogP contribution in [0.5, 0.6) is 0 Å². The first-order chi connectivity index (χ1) is 6.27. The first-order valence-electron chi connectivity index (χ1n) is 4.59. The molecule has 0 bridgehead atoms. The van der Waals surface area contributed by atoms with E-state index in [2.05, 4.69) is 15.9 Å². The Morgan fingerprint density at radius 3 is 2.23 bits per heavy atom. The summed E-state index contributed by atoms with van der Waals surface area (Å²) in [6, 6.07) is 8.04. The minimum atomic E-state index is -0.214. The van der Waals surface area contributed by atoms with E-state index >= 15 is 0 Å². The second-order valence-corrected chi connectivity index (χ2v) is 4.69. The second-order valence-electron chi connectivity index (χ2n) is 3.77. The van der Waals surface area contributed by atoms with E-state index in [4.69, 9.17) is 0 Å². The Labute approximate surface area is 86.3 Å². The van der Waals surface area contributed by atoms with Gasteiger partial charge in [0.2, 0.25) is 0 Å². The minimum Gasteiger partial charge on any atom is -0.250 e. The highest BCUT2D eigenvalue weighted by atomic mass is 79.9. The molecule has 1 fully saturated rings. The summed E-state index contributed by atoms with van der Waals surface area (Å²) in [5, 5.41) is 0. The Balaban J connectivity index is 2.28. The first kappa shape index (κ1) is 9.20. The van der Waals surface area contributed by atoms with Crippen LogP contribution < -0.4 is 0 Å². The zero-order valence-corrected chi connectivity index (χ0v) is 8.98. The maximum atomic E-state index is 12.9. The molecule has 0 saturated heterocycles. The molecule has 0 atom stereocenters. The molecule has 1 aliphatic rings. The topological polar surface area (TPSA) is 0 Å². The van der Waals surface area contributed by atoms with Crippen molar-refractivity contribution in [3.8, 4) is 0 Å². The lowest BCUT2D eigenvalue weighted by Crippen LogP contribution is -2.36. The highest BCUT2D eigenvalue weighted by Crippen LogP contribution is 2.44. The number of benzene rings is 1. The van der Waals surface area contributed by atoms with Gasteiger partial charge in [0.15, 0.2) is 0 Å². The van der Waals surface area contributed by atoms with Gasteiger partial charge in [-0.3, -0.25) is 4.39 Å². The van der Waals surface area contributed by atoms with Crippen LogP contribution in [-0.2, 0) is 5.41 Å². The number of alkyl halides is 1. The Hall–Kier alpha value is -0.370. The van der Waals surface area contributed by atoms with E-state index in [0.29, 0.717) is 0 Å². The van der Waals surface area contributed by atoms with E-state index in [1.165, 1.54) is 6.42 Å². The summed E-state index contributed by atoms with van der Waals surface area (Å²) in [5.41, 5.74) is 1.02. The lowest BCUT2D eigenvalue weighted by molar-refractivity contribution is 0.185. The monoisotopic (exact) mass is 242 g/mol. The van der Waals surface area contributed by atoms with Crippen molar-refractivity contribution in [2.75, 3.05) is 6.67 Å². The predicted molar refractivity (Wildman–Crippen MR) is 55.6 cm³/mol. The molecule has 1 aliphatic carbocycles. The van der Waals surface area contributed by atoms with Crippen molar-refractivity contribution in [2.45, 2.75) is 24.7 Å². The molecule has 1 aromatic rings. The van der Waals surface area contributed by atoms with Crippen molar-refractivity contribution in [2.24, 2.45) is 0 Å². The molecule has 0 spiro atoms. The second kappa shape index (κ2) is 3.41. The van der Waals surface area contributed by atoms with Gasteiger partial charge in [-0.1, -0.05) is 34.5 Å². The van der Waals surface area contributed by atoms with Crippen LogP contribution in [0.25, 0.3) is 0 Å². The smallest absolute Gasteiger partial charge is 0.0990 e. The summed E-state index contributed by atoms with van der Waals surface area (Å²) < 4.78 is 13.9. The van der Waals surface area contributed by atoms with Gasteiger partial charge in [0, 0.05) is 9.89 Å². The Kier molecular flexibility index (Phi) is 2.41. The highest BCUT2D eigenvalue weighted by molar-refractivity contribution is 9.10. The Morgan fingerprint density at radius 1 is 1.23 bits per heavy atom. The van der Waals surface area contributed by atoms with Crippen LogP contribution in [0.1, 0.15) is 24.8 Å². The van der Waals surface area contributed by atoms with Crippen LogP contribution in [0.4, 0.5) is 4.39 Å². The number of rotatable bonds is 2. The third-order valence-corrected chi connectivity index (χ3v) is 3.55. The molecule has 0 N–H and O–H groups in total. The van der Waals surface area contributed by atoms with Crippen LogP contribution in [0.3, 0.4) is 0 Å². The van der Waals surface area contributed by atoms with Gasteiger partial charge in [-0.25, -0.2) is 0 Å². The molecular formula is C11H12BrF. The molecule has 2 rings (SSSR count). The first-order valence-corrected chi connectivity index (χ1v) is 5.38. The van der Waals surface area contributed by atoms with Crippen molar-refractivity contribution in [3.63, 3.8) is 0 Å². The lowest BCUT2D eigenvalue weighted by Gasteiger charge is -2.40. The summed E-state index contributed by atoms with van der Waals surface area (Å²) in [6.45, 7) is -0.214. The fraction of sp³-hybridized carbons (Fsp3) is 0.455. The summed E-state index contributed by atoms with van der Waals surface area (Å²) in [6.07, 6.45) is 3.18. The van der Waals surface area contributed by atoms with Gasteiger partial charge in [-0.2, -0.15) is 0 Å². The average Bonchev–Trinajstić information content (AvgIpc) is 2.07. The summed E-state index contributed by atoms with van der Waals surface area (Å²) in [4.78, 5) is 0. The fourth-order valence-corrected chi connectivity index (χ4v) is 2.17. The van der Waals surface area contributed by atoms with Crippen LogP contribution in [0.15, 0.2) is 28.7 Å². The standard InChI is InChI=1S/C11H12BrF/c12-10-4-2-9(3-5-10)11(8-13)6-1-7-11/h2-5H,1,6-8H2. The Morgan fingerprint density at radius 2 is 1.85 bits per heavy atom. The summed E-state index contributed by atoms with van der Waals surface area (Å²) in [7, 11) is 0. The maximum Gasteiger partial charge on any atom is 0.0990 e. The van der Waals surface area contributed by atoms with Gasteiger partial charge in [-0.15, -0.1) is 0 Å². The van der Waals surface area contributed by atoms with Crippen molar-refractivity contribution in [1.29, 1.82) is 0 Å². The lowest BCUT2D eigenvalue weighted by atomic mass is 9.65. The molecule has 0 radical (unpaired) electrons. The number of hydrogen-bond acceptors (Lipinski definition) is 0. The Bertz CT molecular complexity index is 282. The molecule has 13 heavy (non-hydrogen) atoms. The van der Waals surface area contributed by atoms with Crippen LogP contribution in [0, 0.1) is 0 Å². The van der Waals surface area contributed by atoms with Crippen LogP contribution in [-0.4, -0.2) is 6.67 Å². The SMILES string of the molecule is FCC1(c2ccc(Br)cc2)CCC1. The maximum absolute atomic E-state index is 12.9. The number of halogens is 2. The minimum absolute atomic E-state index is 0.138. The summed E-state index contributed by atoms with van der Waals surface area (Å²) in [5.74, 6) is 0. The average molecular weight is 243 g/mol. The molecule has 0 unspecified atom stereocenters.